The van der Waals surface area contributed by atoms with Crippen LogP contribution in [0.4, 0.5) is 11.8 Å². The lowest BCUT2D eigenvalue weighted by molar-refractivity contribution is -0.265. The maximum atomic E-state index is 14.7. The molecule has 3 fully saturated rings. The third-order valence-electron chi connectivity index (χ3n) is 23.9. The third-order valence-corrected chi connectivity index (χ3v) is 23.9. The Hall–Kier alpha value is -8.28. The Kier molecular flexibility index (Phi) is 44.1. The number of aromatic nitrogens is 8. The van der Waals surface area contributed by atoms with Crippen LogP contribution in [0.1, 0.15) is 150 Å². The molecule has 5 aromatic rings. The van der Waals surface area contributed by atoms with E-state index in [2.05, 4.69) is 30.6 Å². The Labute approximate surface area is 751 Å². The van der Waals surface area contributed by atoms with Gasteiger partial charge in [-0.1, -0.05) is 76.3 Å². The summed E-state index contributed by atoms with van der Waals surface area (Å²) in [4.78, 5) is 101. The third kappa shape index (κ3) is 32.3. The monoisotopic (exact) mass is 1800 g/mol. The molecule has 0 radical (unpaired) electrons. The first-order valence-corrected chi connectivity index (χ1v) is 45.4. The molecule has 4 aromatic heterocycles. The topological polar surface area (TPSA) is 437 Å². The zero-order valence-electron chi connectivity index (χ0n) is 76.8. The largest absolute Gasteiger partial charge is 0.460 e. The van der Waals surface area contributed by atoms with Gasteiger partial charge in [0.05, 0.1) is 168 Å². The van der Waals surface area contributed by atoms with Gasteiger partial charge >= 0.3 is 5.97 Å². The van der Waals surface area contributed by atoms with E-state index in [9.17, 15) is 44.1 Å². The Morgan fingerprint density at radius 3 is 2.07 bits per heavy atom. The van der Waals surface area contributed by atoms with Crippen LogP contribution in [-0.2, 0) is 115 Å². The zero-order valence-corrected chi connectivity index (χ0v) is 76.8. The van der Waals surface area contributed by atoms with Crippen LogP contribution in [0.5, 0.6) is 0 Å². The van der Waals surface area contributed by atoms with Gasteiger partial charge in [0.15, 0.2) is 17.0 Å². The number of nitrogens with one attached hydrogen (secondary N) is 1. The summed E-state index contributed by atoms with van der Waals surface area (Å²) in [5.41, 5.74) is 11.0. The van der Waals surface area contributed by atoms with E-state index in [1.807, 2.05) is 93.0 Å². The fourth-order valence-corrected chi connectivity index (χ4v) is 16.5. The van der Waals surface area contributed by atoms with Crippen molar-refractivity contribution in [2.24, 2.45) is 35.5 Å². The number of oxazole rings is 1. The average molecular weight is 1800 g/mol. The van der Waals surface area contributed by atoms with Crippen LogP contribution in [0.3, 0.4) is 0 Å². The van der Waals surface area contributed by atoms with Gasteiger partial charge in [0.1, 0.15) is 59.2 Å². The van der Waals surface area contributed by atoms with Gasteiger partial charge in [0, 0.05) is 90.5 Å². The van der Waals surface area contributed by atoms with E-state index >= 15 is 0 Å². The van der Waals surface area contributed by atoms with Crippen LogP contribution in [-0.4, -0.2) is 310 Å². The highest BCUT2D eigenvalue weighted by molar-refractivity contribution is 6.39. The Balaban J connectivity index is 0.580. The van der Waals surface area contributed by atoms with E-state index in [0.29, 0.717) is 212 Å². The SMILES string of the molecule is CO[C@H]1C[C@@H]2CC[C@@H](C)[C@@](O)(O2)C(=O)C(=O)N2CCCC[C@H]2C(=O)O[C@H]([C@H](C)C[C@@H]2CC[C@@H](OCCOCc3cn(CCOCCOCCOCCOCCOCCOCCOCCOCCC(=O)NCCCCn4nc(-c5ccc6oc(N)nc6c5)c5c(N(C)C)ncnc54)nn3)[C@H](OC)C2)CC(=O)[C@H](C)/C=C(\C)[C@@H](O)[C@@H](O)C(=O)[C@H](C)C[C@H](C)/C=C/C=C/C=C/1C. The molecule has 712 valence electrons. The Bertz CT molecular complexity index is 4360. The van der Waals surface area contributed by atoms with E-state index in [-0.39, 0.29) is 86.2 Å². The number of nitrogen functional groups attached to an aromatic ring is 1. The summed E-state index contributed by atoms with van der Waals surface area (Å²) >= 11 is 0. The number of allylic oxidation sites excluding steroid dienone is 6. The minimum absolute atomic E-state index is 0.0494. The Morgan fingerprint density at radius 2 is 1.40 bits per heavy atom. The number of aliphatic hydroxyl groups is 3. The van der Waals surface area contributed by atoms with Gasteiger partial charge in [-0.05, 0) is 138 Å². The molecule has 3 aliphatic heterocycles. The van der Waals surface area contributed by atoms with Crippen molar-refractivity contribution in [2.75, 3.05) is 171 Å². The van der Waals surface area contributed by atoms with Crippen molar-refractivity contribution in [2.45, 2.75) is 219 Å². The number of carbonyl (C=O) groups excluding carboxylic acids is 6. The number of fused-ring (bicyclic) bond motifs is 5. The number of cyclic esters (lactones) is 1. The summed E-state index contributed by atoms with van der Waals surface area (Å²) in [7, 11) is 7.07. The summed E-state index contributed by atoms with van der Waals surface area (Å²) in [6.45, 7) is 21.3. The number of nitrogens with two attached hydrogens (primary N) is 1. The molecule has 4 aliphatic rings. The number of methoxy groups -OCH3 is 2. The van der Waals surface area contributed by atoms with Crippen LogP contribution in [0.25, 0.3) is 33.4 Å². The van der Waals surface area contributed by atoms with Gasteiger partial charge in [0.2, 0.25) is 11.7 Å². The minimum Gasteiger partial charge on any atom is -0.460 e. The number of benzene rings is 1. The first-order valence-electron chi connectivity index (χ1n) is 45.4. The molecule has 1 saturated carbocycles. The van der Waals surface area contributed by atoms with Crippen molar-refractivity contribution < 1.29 is 115 Å². The average Bonchev–Trinajstić information content (AvgIpc) is 1.60. The summed E-state index contributed by atoms with van der Waals surface area (Å²) in [6.07, 6.45) is 15.2. The maximum absolute atomic E-state index is 14.7. The van der Waals surface area contributed by atoms with E-state index in [4.69, 9.17) is 81.6 Å². The molecule has 36 heteroatoms. The summed E-state index contributed by atoms with van der Waals surface area (Å²) in [6, 6.07) is 4.54. The van der Waals surface area contributed by atoms with Gasteiger partial charge in [-0.25, -0.2) is 24.1 Å². The molecular weight excluding hydrogens is 1660 g/mol. The molecule has 0 unspecified atom stereocenters. The number of hydrogen-bond acceptors (Lipinski definition) is 32. The van der Waals surface area contributed by atoms with Gasteiger partial charge < -0.3 is 107 Å². The number of unbranched alkanes of at least 4 members (excludes halogenated alkanes) is 1. The van der Waals surface area contributed by atoms with E-state index in [1.165, 1.54) is 11.0 Å². The van der Waals surface area contributed by atoms with E-state index < -0.39 is 89.5 Å². The number of Topliss-reactive ketones (excluding diaryl/α,β-unsaturated/α-hetero) is 3. The molecule has 2 amide bonds. The first-order chi connectivity index (χ1) is 61.8. The molecule has 6 N–H and O–H groups in total. The molecule has 2 saturated heterocycles. The van der Waals surface area contributed by atoms with Crippen LogP contribution < -0.4 is 16.0 Å². The molecule has 1 aromatic carbocycles. The molecule has 15 atom stereocenters. The molecule has 2 bridgehead atoms. The first kappa shape index (κ1) is 103. The minimum atomic E-state index is -2.48. The van der Waals surface area contributed by atoms with Crippen molar-refractivity contribution in [1.82, 2.24) is 49.9 Å². The summed E-state index contributed by atoms with van der Waals surface area (Å²) in [5, 5.41) is 51.9. The Morgan fingerprint density at radius 1 is 0.727 bits per heavy atom. The number of aliphatic hydroxyl groups excluding tert-OH is 2. The lowest BCUT2D eigenvalue weighted by Gasteiger charge is -2.42. The predicted octanol–water partition coefficient (Wildman–Crippen LogP) is 8.07. The molecular formula is C92H140N12O24. The number of amides is 2. The van der Waals surface area contributed by atoms with Crippen molar-refractivity contribution in [3.05, 3.63) is 84.0 Å². The second-order valence-electron chi connectivity index (χ2n) is 34.0. The fraction of sp³-hybridized carbons (Fsp3) is 0.696. The lowest BCUT2D eigenvalue weighted by Crippen LogP contribution is -2.61. The normalized spacial score (nSPS) is 26.4. The number of ketones is 3. The lowest BCUT2D eigenvalue weighted by atomic mass is 9.78. The van der Waals surface area contributed by atoms with E-state index in [0.717, 1.165) is 47.3 Å². The van der Waals surface area contributed by atoms with Gasteiger partial charge in [0.25, 0.3) is 17.7 Å². The molecule has 128 heavy (non-hydrogen) atoms. The van der Waals surface area contributed by atoms with Crippen molar-refractivity contribution in [1.29, 1.82) is 0 Å². The van der Waals surface area contributed by atoms with Crippen LogP contribution in [0.15, 0.2) is 82.7 Å². The van der Waals surface area contributed by atoms with E-state index in [1.54, 1.807) is 59.1 Å². The standard InChI is InChI=1S/C92H140N12O24/c1-61-19-13-12-14-20-62(2)77(114-10)56-71-25-22-67(7)92(113,128-71)86(110)89(111)103-30-17-15-21-73(103)90(112)126-78(57-74(105)63(3)52-66(6)84(108)85(109)83(107)65(5)51-61)64(4)53-68-23-26-76(79(54-68)115-11)125-50-49-124-59-70-58-102(100-98-70)32-34-117-36-38-119-40-42-121-44-46-123-48-47-122-45-43-120-41-39-118-37-35-116-33-28-80(106)94-29-16-18-31-104-88-81(87(101(8)9)95-60-96-88)82(99-104)69-24-27-75-72(55-69)97-91(93)127-75/h12-14,19-20,24,27,52,55,58,60-61,63-65,67-68,71,73,76-79,84-85,108-109,113H,15-18,21-23,25-26,28-51,53-54,56-57,59H2,1-11H3,(H2,93,97)(H,94,106)/b14-12+,19-13+,62-20+,66-52+/t61-,63-,64-,65-,67-,68+,71+,73+,76-,77+,78+,79-,84-,85+,92-/m1/s1. The highest BCUT2D eigenvalue weighted by atomic mass is 16.6. The maximum Gasteiger partial charge on any atom is 0.329 e. The quantitative estimate of drug-likeness (QED) is 0.0106. The number of ether oxygens (including phenoxy) is 14. The number of hydrogen-bond donors (Lipinski definition) is 5. The number of anilines is 2. The number of carbonyl (C=O) groups is 6. The molecule has 1 aliphatic carbocycles. The second kappa shape index (κ2) is 54.5. The highest BCUT2D eigenvalue weighted by Crippen LogP contribution is 2.40. The molecule has 0 spiro atoms. The second-order valence-corrected chi connectivity index (χ2v) is 34.0. The number of aryl methyl sites for hydroxylation is 1. The van der Waals surface area contributed by atoms with Crippen LogP contribution in [0.2, 0.25) is 0 Å². The van der Waals surface area contributed by atoms with Crippen molar-refractivity contribution in [3.63, 3.8) is 0 Å². The molecule has 9 rings (SSSR count). The summed E-state index contributed by atoms with van der Waals surface area (Å²) in [5.74, 6) is -8.26. The molecule has 7 heterocycles. The zero-order chi connectivity index (χ0) is 91.9. The number of esters is 1. The number of piperidine rings is 1. The smallest absolute Gasteiger partial charge is 0.329 e. The van der Waals surface area contributed by atoms with Gasteiger partial charge in [-0.2, -0.15) is 10.1 Å². The predicted molar refractivity (Wildman–Crippen MR) is 474 cm³/mol. The highest BCUT2D eigenvalue weighted by Gasteiger charge is 2.53. The fourth-order valence-electron chi connectivity index (χ4n) is 16.5. The number of nitrogens with zero attached hydrogens (tertiary/aromatic N) is 10. The van der Waals surface area contributed by atoms with Crippen molar-refractivity contribution in [3.8, 4) is 11.3 Å². The molecule has 36 nitrogen and oxygen atoms in total. The summed E-state index contributed by atoms with van der Waals surface area (Å²) < 4.78 is 90.8. The number of rotatable bonds is 45. The van der Waals surface area contributed by atoms with Gasteiger partial charge in [-0.15, -0.1) is 5.10 Å². The van der Waals surface area contributed by atoms with Gasteiger partial charge in [-0.3, -0.25) is 24.0 Å². The van der Waals surface area contributed by atoms with Crippen LogP contribution in [0, 0.1) is 35.5 Å². The van der Waals surface area contributed by atoms with Crippen molar-refractivity contribution >= 4 is 69.1 Å². The van der Waals surface area contributed by atoms with Crippen LogP contribution >= 0.6 is 0 Å².